The van der Waals surface area contributed by atoms with E-state index in [0.717, 1.165) is 31.1 Å². The third-order valence-corrected chi connectivity index (χ3v) is 4.04. The van der Waals surface area contributed by atoms with Crippen molar-refractivity contribution in [2.24, 2.45) is 0 Å². The second-order valence-electron chi connectivity index (χ2n) is 4.75. The van der Waals surface area contributed by atoms with Crippen molar-refractivity contribution >= 4 is 23.4 Å². The molecule has 1 rings (SSSR count). The molecule has 0 amide bonds. The van der Waals surface area contributed by atoms with Gasteiger partial charge in [-0.15, -0.1) is 0 Å². The van der Waals surface area contributed by atoms with Gasteiger partial charge in [0.05, 0.1) is 0 Å². The average Bonchev–Trinajstić information content (AvgIpc) is 2.42. The summed E-state index contributed by atoms with van der Waals surface area (Å²) >= 11 is 7.85. The van der Waals surface area contributed by atoms with Crippen LogP contribution in [0.2, 0.25) is 5.02 Å². The largest absolute Gasteiger partial charge is 0.310 e. The van der Waals surface area contributed by atoms with Gasteiger partial charge in [-0.25, -0.2) is 0 Å². The van der Waals surface area contributed by atoms with Crippen molar-refractivity contribution in [3.8, 4) is 0 Å². The zero-order valence-electron chi connectivity index (χ0n) is 12.2. The molecule has 0 aromatic heterocycles. The van der Waals surface area contributed by atoms with Crippen molar-refractivity contribution in [1.29, 1.82) is 0 Å². The minimum Gasteiger partial charge on any atom is -0.310 e. The Kier molecular flexibility index (Phi) is 8.55. The molecule has 0 bridgehead atoms. The maximum Gasteiger partial charge on any atom is 0.0406 e. The molecule has 0 saturated heterocycles. The highest BCUT2D eigenvalue weighted by molar-refractivity contribution is 7.98. The molecule has 0 fully saturated rings. The van der Waals surface area contributed by atoms with Crippen LogP contribution in [0.25, 0.3) is 0 Å². The quantitative estimate of drug-likeness (QED) is 0.749. The van der Waals surface area contributed by atoms with Gasteiger partial charge in [0, 0.05) is 23.4 Å². The summed E-state index contributed by atoms with van der Waals surface area (Å²) in [6.07, 6.45) is 3.28. The number of halogens is 1. The minimum atomic E-state index is 0.416. The number of rotatable bonds is 9. The predicted octanol–water partition coefficient (Wildman–Crippen LogP) is 3.68. The molecule has 0 aliphatic rings. The first-order valence-electron chi connectivity index (χ1n) is 6.83. The number of hydrogen-bond acceptors (Lipinski definition) is 3. The molecular formula is C15H25ClN2S. The Morgan fingerprint density at radius 2 is 1.95 bits per heavy atom. The van der Waals surface area contributed by atoms with E-state index in [9.17, 15) is 0 Å². The van der Waals surface area contributed by atoms with Crippen molar-refractivity contribution in [2.75, 3.05) is 38.7 Å². The molecule has 1 unspecified atom stereocenters. The van der Waals surface area contributed by atoms with E-state index in [0.29, 0.717) is 6.04 Å². The van der Waals surface area contributed by atoms with Crippen LogP contribution < -0.4 is 5.32 Å². The van der Waals surface area contributed by atoms with Gasteiger partial charge in [0.2, 0.25) is 0 Å². The van der Waals surface area contributed by atoms with E-state index < -0.39 is 0 Å². The van der Waals surface area contributed by atoms with Gasteiger partial charge in [-0.3, -0.25) is 0 Å². The first kappa shape index (κ1) is 16.8. The molecule has 2 nitrogen and oxygen atoms in total. The fraction of sp³-hybridized carbons (Fsp3) is 0.600. The Bertz CT molecular complexity index is 343. The molecule has 1 aromatic rings. The number of benzene rings is 1. The Morgan fingerprint density at radius 3 is 2.53 bits per heavy atom. The Labute approximate surface area is 126 Å². The lowest BCUT2D eigenvalue weighted by molar-refractivity contribution is 0.325. The van der Waals surface area contributed by atoms with E-state index in [2.05, 4.69) is 42.6 Å². The molecule has 0 saturated carbocycles. The summed E-state index contributed by atoms with van der Waals surface area (Å²) in [4.78, 5) is 2.40. The van der Waals surface area contributed by atoms with Crippen LogP contribution in [0.1, 0.15) is 24.9 Å². The molecule has 0 spiro atoms. The van der Waals surface area contributed by atoms with Crippen molar-refractivity contribution in [1.82, 2.24) is 10.2 Å². The van der Waals surface area contributed by atoms with Crippen LogP contribution in [-0.2, 0) is 0 Å². The Balaban J connectivity index is 2.50. The molecule has 19 heavy (non-hydrogen) atoms. The highest BCUT2D eigenvalue weighted by Crippen LogP contribution is 2.19. The number of nitrogens with one attached hydrogen (secondary N) is 1. The zero-order chi connectivity index (χ0) is 14.1. The molecule has 1 N–H and O–H groups in total. The van der Waals surface area contributed by atoms with E-state index in [1.807, 2.05) is 23.9 Å². The van der Waals surface area contributed by atoms with Crippen LogP contribution in [0, 0.1) is 0 Å². The van der Waals surface area contributed by atoms with Gasteiger partial charge in [-0.1, -0.05) is 30.7 Å². The lowest BCUT2D eigenvalue weighted by Crippen LogP contribution is -2.28. The van der Waals surface area contributed by atoms with Gasteiger partial charge in [-0.2, -0.15) is 11.8 Å². The van der Waals surface area contributed by atoms with E-state index in [1.165, 1.54) is 11.3 Å². The standard InChI is InChI=1S/C15H25ClN2S/c1-4-17-15(9-10-18(2)11-12-19-3)13-5-7-14(16)8-6-13/h5-8,15,17H,4,9-12H2,1-3H3. The van der Waals surface area contributed by atoms with Gasteiger partial charge in [-0.05, 0) is 50.5 Å². The van der Waals surface area contributed by atoms with Crippen molar-refractivity contribution < 1.29 is 0 Å². The SMILES string of the molecule is CCNC(CCN(C)CCSC)c1ccc(Cl)cc1. The molecule has 1 atom stereocenters. The molecule has 0 heterocycles. The summed E-state index contributed by atoms with van der Waals surface area (Å²) in [7, 11) is 2.20. The third-order valence-electron chi connectivity index (χ3n) is 3.20. The summed E-state index contributed by atoms with van der Waals surface area (Å²) in [5, 5.41) is 4.36. The maximum absolute atomic E-state index is 5.95. The molecule has 4 heteroatoms. The summed E-state index contributed by atoms with van der Waals surface area (Å²) in [5.74, 6) is 1.20. The summed E-state index contributed by atoms with van der Waals surface area (Å²) in [6, 6.07) is 8.60. The van der Waals surface area contributed by atoms with Gasteiger partial charge in [0.1, 0.15) is 0 Å². The molecule has 0 aliphatic heterocycles. The first-order valence-corrected chi connectivity index (χ1v) is 8.61. The minimum absolute atomic E-state index is 0.416. The maximum atomic E-state index is 5.95. The fourth-order valence-corrected chi connectivity index (χ4v) is 2.66. The van der Waals surface area contributed by atoms with E-state index >= 15 is 0 Å². The summed E-state index contributed by atoms with van der Waals surface area (Å²) < 4.78 is 0. The van der Waals surface area contributed by atoms with E-state index in [4.69, 9.17) is 11.6 Å². The molecule has 1 aromatic carbocycles. The van der Waals surface area contributed by atoms with Crippen molar-refractivity contribution in [3.05, 3.63) is 34.9 Å². The normalized spacial score (nSPS) is 12.9. The molecule has 0 radical (unpaired) electrons. The third kappa shape index (κ3) is 6.66. The monoisotopic (exact) mass is 300 g/mol. The number of nitrogens with zero attached hydrogens (tertiary/aromatic N) is 1. The molecule has 0 aliphatic carbocycles. The van der Waals surface area contributed by atoms with Crippen LogP contribution in [0.4, 0.5) is 0 Å². The van der Waals surface area contributed by atoms with Crippen molar-refractivity contribution in [3.63, 3.8) is 0 Å². The average molecular weight is 301 g/mol. The Hall–Kier alpha value is -0.220. The summed E-state index contributed by atoms with van der Waals surface area (Å²) in [6.45, 7) is 5.41. The zero-order valence-corrected chi connectivity index (χ0v) is 13.7. The predicted molar refractivity (Wildman–Crippen MR) is 88.4 cm³/mol. The van der Waals surface area contributed by atoms with Crippen LogP contribution in [0.15, 0.2) is 24.3 Å². The molecule has 108 valence electrons. The lowest BCUT2D eigenvalue weighted by Gasteiger charge is -2.22. The van der Waals surface area contributed by atoms with Crippen LogP contribution in [-0.4, -0.2) is 43.6 Å². The topological polar surface area (TPSA) is 15.3 Å². The van der Waals surface area contributed by atoms with Gasteiger partial charge >= 0.3 is 0 Å². The van der Waals surface area contributed by atoms with Crippen molar-refractivity contribution in [2.45, 2.75) is 19.4 Å². The van der Waals surface area contributed by atoms with Crippen LogP contribution in [0.5, 0.6) is 0 Å². The smallest absolute Gasteiger partial charge is 0.0406 e. The van der Waals surface area contributed by atoms with E-state index in [1.54, 1.807) is 0 Å². The van der Waals surface area contributed by atoms with E-state index in [-0.39, 0.29) is 0 Å². The highest BCUT2D eigenvalue weighted by atomic mass is 35.5. The summed E-state index contributed by atoms with van der Waals surface area (Å²) in [5.41, 5.74) is 1.32. The highest BCUT2D eigenvalue weighted by Gasteiger charge is 2.11. The first-order chi connectivity index (χ1) is 9.17. The number of hydrogen-bond donors (Lipinski definition) is 1. The Morgan fingerprint density at radius 1 is 1.26 bits per heavy atom. The fourth-order valence-electron chi connectivity index (χ4n) is 2.04. The lowest BCUT2D eigenvalue weighted by atomic mass is 10.0. The second-order valence-corrected chi connectivity index (χ2v) is 6.17. The van der Waals surface area contributed by atoms with Gasteiger partial charge in [0.15, 0.2) is 0 Å². The van der Waals surface area contributed by atoms with Crippen LogP contribution >= 0.6 is 23.4 Å². The van der Waals surface area contributed by atoms with Crippen LogP contribution in [0.3, 0.4) is 0 Å². The van der Waals surface area contributed by atoms with Gasteiger partial charge < -0.3 is 10.2 Å². The number of thioether (sulfide) groups is 1. The molecular weight excluding hydrogens is 276 g/mol. The van der Waals surface area contributed by atoms with Gasteiger partial charge in [0.25, 0.3) is 0 Å². The second kappa shape index (κ2) is 9.65.